The summed E-state index contributed by atoms with van der Waals surface area (Å²) in [5.74, 6) is 0.606. The van der Waals surface area contributed by atoms with Gasteiger partial charge in [-0.1, -0.05) is 24.3 Å². The van der Waals surface area contributed by atoms with Crippen molar-refractivity contribution in [3.8, 4) is 0 Å². The molecule has 0 aliphatic carbocycles. The topological polar surface area (TPSA) is 205 Å². The zero-order valence-corrected chi connectivity index (χ0v) is 27.9. The normalized spacial score (nSPS) is 38.2. The number of hydrogen-bond donors (Lipinski definition) is 8. The minimum Gasteiger partial charge on any atom is -0.394 e. The molecule has 276 valence electrons. The van der Waals surface area contributed by atoms with E-state index in [-0.39, 0.29) is 19.3 Å². The van der Waals surface area contributed by atoms with Gasteiger partial charge < -0.3 is 69.6 Å². The average molecular weight is 703 g/mol. The molecule has 14 heteroatoms. The van der Waals surface area contributed by atoms with Gasteiger partial charge in [0, 0.05) is 30.0 Å². The molecule has 5 heterocycles. The lowest BCUT2D eigenvalue weighted by Gasteiger charge is -2.49. The highest BCUT2D eigenvalue weighted by Crippen LogP contribution is 2.53. The van der Waals surface area contributed by atoms with Crippen molar-refractivity contribution in [2.45, 2.75) is 106 Å². The molecule has 4 saturated heterocycles. The standard InChI is InChI=1S/C36H50N2O12/c39-17-25-29(41)31(43)33(45)35(49-25)47-14-10-19-3-6-22(7-4-19)37-13-9-21-2-1-12-38-24-8-5-20(16-23(24)28(37)27(21)38)11-15-48-36-34(46)32(44)30(42)26(18-40)50-36/h3-8,16,21,25-36,39-46H,1-2,9-15,17-18H2/t21-,25-,26-,27+,28-,29-,30-,31+,32+,33-,34-,35-,36-/m1/s1. The van der Waals surface area contributed by atoms with Crippen LogP contribution in [-0.2, 0) is 31.8 Å². The lowest BCUT2D eigenvalue weighted by atomic mass is 9.79. The molecule has 14 nitrogen and oxygen atoms in total. The molecule has 0 aromatic heterocycles. The van der Waals surface area contributed by atoms with Gasteiger partial charge in [0.15, 0.2) is 12.6 Å². The van der Waals surface area contributed by atoms with Crippen LogP contribution in [0.25, 0.3) is 0 Å². The number of aliphatic hydroxyl groups is 8. The van der Waals surface area contributed by atoms with E-state index in [1.165, 1.54) is 24.1 Å². The van der Waals surface area contributed by atoms with E-state index in [0.717, 1.165) is 36.3 Å². The highest BCUT2D eigenvalue weighted by Gasteiger charge is 2.50. The van der Waals surface area contributed by atoms with Crippen LogP contribution in [0.2, 0.25) is 0 Å². The van der Waals surface area contributed by atoms with E-state index in [9.17, 15) is 40.9 Å². The third-order valence-corrected chi connectivity index (χ3v) is 11.2. The highest BCUT2D eigenvalue weighted by molar-refractivity contribution is 5.67. The lowest BCUT2D eigenvalue weighted by molar-refractivity contribution is -0.300. The molecule has 2 aromatic rings. The van der Waals surface area contributed by atoms with Gasteiger partial charge in [-0.3, -0.25) is 0 Å². The summed E-state index contributed by atoms with van der Waals surface area (Å²) in [7, 11) is 0. The maximum Gasteiger partial charge on any atom is 0.186 e. The minimum absolute atomic E-state index is 0.177. The second-order valence-electron chi connectivity index (χ2n) is 14.2. The Morgan fingerprint density at radius 1 is 0.640 bits per heavy atom. The van der Waals surface area contributed by atoms with Gasteiger partial charge in [0.05, 0.1) is 38.5 Å². The van der Waals surface area contributed by atoms with Gasteiger partial charge in [-0.25, -0.2) is 0 Å². The van der Waals surface area contributed by atoms with E-state index >= 15 is 0 Å². The fourth-order valence-corrected chi connectivity index (χ4v) is 8.50. The van der Waals surface area contributed by atoms with Crippen molar-refractivity contribution in [3.63, 3.8) is 0 Å². The van der Waals surface area contributed by atoms with Crippen molar-refractivity contribution in [2.75, 3.05) is 49.3 Å². The van der Waals surface area contributed by atoms with Crippen LogP contribution < -0.4 is 9.80 Å². The Morgan fingerprint density at radius 3 is 1.82 bits per heavy atom. The quantitative estimate of drug-likeness (QED) is 0.141. The monoisotopic (exact) mass is 702 g/mol. The molecule has 0 amide bonds. The van der Waals surface area contributed by atoms with Gasteiger partial charge in [0.1, 0.15) is 48.8 Å². The van der Waals surface area contributed by atoms with Crippen LogP contribution in [0, 0.1) is 5.92 Å². The Labute approximate surface area is 291 Å². The first-order valence-corrected chi connectivity index (χ1v) is 17.8. The van der Waals surface area contributed by atoms with E-state index in [1.807, 2.05) is 0 Å². The van der Waals surface area contributed by atoms with Gasteiger partial charge in [-0.2, -0.15) is 0 Å². The zero-order valence-electron chi connectivity index (χ0n) is 27.9. The van der Waals surface area contributed by atoms with Crippen LogP contribution in [0.4, 0.5) is 11.4 Å². The van der Waals surface area contributed by atoms with Crippen LogP contribution >= 0.6 is 0 Å². The molecule has 50 heavy (non-hydrogen) atoms. The summed E-state index contributed by atoms with van der Waals surface area (Å²) >= 11 is 0. The van der Waals surface area contributed by atoms with Gasteiger partial charge in [-0.05, 0) is 67.3 Å². The number of anilines is 2. The number of rotatable bonds is 11. The summed E-state index contributed by atoms with van der Waals surface area (Å²) in [6.07, 6.45) is -8.44. The predicted molar refractivity (Wildman–Crippen MR) is 178 cm³/mol. The Balaban J connectivity index is 1.01. The third kappa shape index (κ3) is 6.77. The van der Waals surface area contributed by atoms with Crippen molar-refractivity contribution >= 4 is 11.4 Å². The number of ether oxygens (including phenoxy) is 4. The summed E-state index contributed by atoms with van der Waals surface area (Å²) in [5.41, 5.74) is 5.77. The van der Waals surface area contributed by atoms with E-state index in [0.29, 0.717) is 24.8 Å². The summed E-state index contributed by atoms with van der Waals surface area (Å²) in [6, 6.07) is 15.5. The van der Waals surface area contributed by atoms with E-state index in [1.54, 1.807) is 0 Å². The maximum absolute atomic E-state index is 10.4. The molecule has 0 bridgehead atoms. The SMILES string of the molecule is OC[C@H]1O[C@@H](OCCc2ccc(N3CC[C@H]4CCCN5c6ccc(CCO[C@@H]7O[C@H](CO)[C@@H](O)[C@H](O)[C@H]7O)cc6[C@@H]3[C@H]45)cc2)[C@H](O)[C@@H](O)[C@@H]1O. The van der Waals surface area contributed by atoms with Crippen molar-refractivity contribution in [3.05, 3.63) is 59.2 Å². The van der Waals surface area contributed by atoms with E-state index in [2.05, 4.69) is 52.3 Å². The van der Waals surface area contributed by atoms with Crippen LogP contribution in [0.1, 0.15) is 42.0 Å². The fourth-order valence-electron chi connectivity index (χ4n) is 8.50. The van der Waals surface area contributed by atoms with Crippen molar-refractivity contribution in [1.29, 1.82) is 0 Å². The van der Waals surface area contributed by atoms with Crippen molar-refractivity contribution < 1.29 is 59.8 Å². The highest BCUT2D eigenvalue weighted by atomic mass is 16.7. The average Bonchev–Trinajstić information content (AvgIpc) is 3.47. The van der Waals surface area contributed by atoms with Crippen LogP contribution in [0.5, 0.6) is 0 Å². The summed E-state index contributed by atoms with van der Waals surface area (Å²) in [6.45, 7) is 1.37. The molecule has 0 unspecified atom stereocenters. The summed E-state index contributed by atoms with van der Waals surface area (Å²) in [5, 5.41) is 79.8. The number of benzene rings is 2. The van der Waals surface area contributed by atoms with Crippen molar-refractivity contribution in [2.24, 2.45) is 5.92 Å². The van der Waals surface area contributed by atoms with Gasteiger partial charge in [0.2, 0.25) is 0 Å². The van der Waals surface area contributed by atoms with Gasteiger partial charge in [-0.15, -0.1) is 0 Å². The Hall–Kier alpha value is -2.44. The lowest BCUT2D eigenvalue weighted by Crippen LogP contribution is -2.59. The van der Waals surface area contributed by atoms with Crippen LogP contribution in [-0.4, -0.2) is 148 Å². The molecule has 8 N–H and O–H groups in total. The molecule has 5 aliphatic heterocycles. The summed E-state index contributed by atoms with van der Waals surface area (Å²) in [4.78, 5) is 5.09. The fraction of sp³-hybridized carbons (Fsp3) is 0.667. The van der Waals surface area contributed by atoms with E-state index < -0.39 is 74.6 Å². The van der Waals surface area contributed by atoms with Crippen LogP contribution in [0.15, 0.2) is 42.5 Å². The minimum atomic E-state index is -1.48. The molecule has 7 rings (SSSR count). The van der Waals surface area contributed by atoms with E-state index in [4.69, 9.17) is 18.9 Å². The Morgan fingerprint density at radius 2 is 1.22 bits per heavy atom. The van der Waals surface area contributed by atoms with Gasteiger partial charge >= 0.3 is 0 Å². The number of hydrogen-bond acceptors (Lipinski definition) is 14. The maximum atomic E-state index is 10.4. The number of piperidine rings is 2. The predicted octanol–water partition coefficient (Wildman–Crippen LogP) is -1.05. The van der Waals surface area contributed by atoms with Gasteiger partial charge in [0.25, 0.3) is 0 Å². The molecule has 0 spiro atoms. The second-order valence-corrected chi connectivity index (χ2v) is 14.2. The first-order chi connectivity index (χ1) is 24.2. The molecule has 0 radical (unpaired) electrons. The first kappa shape index (κ1) is 35.9. The smallest absolute Gasteiger partial charge is 0.186 e. The molecular weight excluding hydrogens is 652 g/mol. The molecular formula is C36H50N2O12. The van der Waals surface area contributed by atoms with Crippen LogP contribution in [0.3, 0.4) is 0 Å². The number of aliphatic hydroxyl groups excluding tert-OH is 8. The molecule has 5 aliphatic rings. The molecule has 2 aromatic carbocycles. The number of fused-ring (bicyclic) bond motifs is 3. The molecule has 4 fully saturated rings. The molecule has 0 saturated carbocycles. The Bertz CT molecular complexity index is 1430. The second kappa shape index (κ2) is 15.3. The number of nitrogens with zero attached hydrogens (tertiary/aromatic N) is 2. The largest absolute Gasteiger partial charge is 0.394 e. The molecule has 13 atom stereocenters. The zero-order chi connectivity index (χ0) is 35.1. The van der Waals surface area contributed by atoms with Crippen molar-refractivity contribution in [1.82, 2.24) is 0 Å². The third-order valence-electron chi connectivity index (χ3n) is 11.2. The summed E-state index contributed by atoms with van der Waals surface area (Å²) < 4.78 is 22.5. The first-order valence-electron chi connectivity index (χ1n) is 17.8. The Kier molecular flexibility index (Phi) is 11.0.